The van der Waals surface area contributed by atoms with Gasteiger partial charge in [0.2, 0.25) is 0 Å². The van der Waals surface area contributed by atoms with Gasteiger partial charge >= 0.3 is 11.9 Å². The van der Waals surface area contributed by atoms with Gasteiger partial charge in [0.25, 0.3) is 0 Å². The highest BCUT2D eigenvalue weighted by atomic mass is 16.5. The zero-order valence-electron chi connectivity index (χ0n) is 10.1. The van der Waals surface area contributed by atoms with Crippen LogP contribution in [0.5, 0.6) is 0 Å². The Labute approximate surface area is 95.7 Å². The third-order valence-corrected chi connectivity index (χ3v) is 3.02. The van der Waals surface area contributed by atoms with Crippen LogP contribution in [0, 0.1) is 0 Å². The molecule has 5 nitrogen and oxygen atoms in total. The molecule has 0 aromatic carbocycles. The maximum absolute atomic E-state index is 11.5. The number of hydrogen-bond acceptors (Lipinski definition) is 5. The van der Waals surface area contributed by atoms with Crippen molar-refractivity contribution < 1.29 is 19.1 Å². The van der Waals surface area contributed by atoms with Crippen molar-refractivity contribution in [3.63, 3.8) is 0 Å². The SMILES string of the molecule is COC(=O)CC(C)N1CCCC1C(=O)OC. The lowest BCUT2D eigenvalue weighted by molar-refractivity contribution is -0.149. The fourth-order valence-electron chi connectivity index (χ4n) is 2.15. The molecular weight excluding hydrogens is 210 g/mol. The van der Waals surface area contributed by atoms with Gasteiger partial charge in [-0.25, -0.2) is 0 Å². The van der Waals surface area contributed by atoms with E-state index in [0.717, 1.165) is 19.4 Å². The number of esters is 2. The molecule has 16 heavy (non-hydrogen) atoms. The lowest BCUT2D eigenvalue weighted by atomic mass is 10.1. The Balaban J connectivity index is 2.57. The number of rotatable bonds is 4. The maximum atomic E-state index is 11.5. The summed E-state index contributed by atoms with van der Waals surface area (Å²) in [5, 5.41) is 0. The third-order valence-electron chi connectivity index (χ3n) is 3.02. The van der Waals surface area contributed by atoms with Crippen molar-refractivity contribution in [1.29, 1.82) is 0 Å². The molecule has 1 aliphatic heterocycles. The predicted molar refractivity (Wildman–Crippen MR) is 57.8 cm³/mol. The number of hydrogen-bond donors (Lipinski definition) is 0. The van der Waals surface area contributed by atoms with Crippen LogP contribution in [0.25, 0.3) is 0 Å². The van der Waals surface area contributed by atoms with Crippen molar-refractivity contribution in [1.82, 2.24) is 4.90 Å². The monoisotopic (exact) mass is 229 g/mol. The number of methoxy groups -OCH3 is 2. The van der Waals surface area contributed by atoms with Crippen LogP contribution in [-0.2, 0) is 19.1 Å². The Morgan fingerprint density at radius 2 is 2.06 bits per heavy atom. The molecule has 1 aliphatic rings. The van der Waals surface area contributed by atoms with Gasteiger partial charge in [0.1, 0.15) is 6.04 Å². The van der Waals surface area contributed by atoms with Gasteiger partial charge < -0.3 is 9.47 Å². The summed E-state index contributed by atoms with van der Waals surface area (Å²) in [6, 6.07) is -0.191. The van der Waals surface area contributed by atoms with Crippen molar-refractivity contribution in [2.24, 2.45) is 0 Å². The summed E-state index contributed by atoms with van der Waals surface area (Å²) in [6.45, 7) is 2.76. The van der Waals surface area contributed by atoms with E-state index in [1.165, 1.54) is 14.2 Å². The highest BCUT2D eigenvalue weighted by molar-refractivity contribution is 5.76. The van der Waals surface area contributed by atoms with E-state index in [1.54, 1.807) is 0 Å². The molecule has 2 unspecified atom stereocenters. The number of carbonyl (C=O) groups is 2. The molecule has 0 saturated carbocycles. The van der Waals surface area contributed by atoms with E-state index in [0.29, 0.717) is 6.42 Å². The average molecular weight is 229 g/mol. The molecule has 92 valence electrons. The molecule has 0 bridgehead atoms. The van der Waals surface area contributed by atoms with Crippen LogP contribution in [0.4, 0.5) is 0 Å². The second kappa shape index (κ2) is 5.84. The van der Waals surface area contributed by atoms with Gasteiger partial charge in [-0.15, -0.1) is 0 Å². The molecule has 0 aliphatic carbocycles. The summed E-state index contributed by atoms with van der Waals surface area (Å²) in [4.78, 5) is 24.7. The summed E-state index contributed by atoms with van der Waals surface area (Å²) >= 11 is 0. The van der Waals surface area contributed by atoms with Crippen LogP contribution in [-0.4, -0.2) is 49.7 Å². The molecule has 1 rings (SSSR count). The largest absolute Gasteiger partial charge is 0.469 e. The molecule has 1 fully saturated rings. The van der Waals surface area contributed by atoms with Crippen molar-refractivity contribution in [3.05, 3.63) is 0 Å². The lowest BCUT2D eigenvalue weighted by Gasteiger charge is -2.28. The van der Waals surface area contributed by atoms with Crippen LogP contribution in [0.1, 0.15) is 26.2 Å². The molecular formula is C11H19NO4. The quantitative estimate of drug-likeness (QED) is 0.660. The Morgan fingerprint density at radius 1 is 1.38 bits per heavy atom. The lowest BCUT2D eigenvalue weighted by Crippen LogP contribution is -2.43. The van der Waals surface area contributed by atoms with Gasteiger partial charge in [0.15, 0.2) is 0 Å². The van der Waals surface area contributed by atoms with E-state index >= 15 is 0 Å². The molecule has 1 heterocycles. The van der Waals surface area contributed by atoms with Crippen LogP contribution < -0.4 is 0 Å². The molecule has 0 radical (unpaired) electrons. The van der Waals surface area contributed by atoms with Crippen molar-refractivity contribution in [3.8, 4) is 0 Å². The van der Waals surface area contributed by atoms with Crippen LogP contribution in [0.3, 0.4) is 0 Å². The van der Waals surface area contributed by atoms with Crippen LogP contribution in [0.2, 0.25) is 0 Å². The second-order valence-electron chi connectivity index (χ2n) is 4.05. The average Bonchev–Trinajstić information content (AvgIpc) is 2.76. The van der Waals surface area contributed by atoms with Gasteiger partial charge in [-0.3, -0.25) is 14.5 Å². The zero-order valence-corrected chi connectivity index (χ0v) is 10.1. The molecule has 0 aromatic heterocycles. The summed E-state index contributed by atoms with van der Waals surface area (Å²) in [5.74, 6) is -0.461. The molecule has 0 aromatic rings. The maximum Gasteiger partial charge on any atom is 0.323 e. The third kappa shape index (κ3) is 2.95. The first-order valence-corrected chi connectivity index (χ1v) is 5.50. The Kier molecular flexibility index (Phi) is 4.73. The molecule has 2 atom stereocenters. The number of likely N-dealkylation sites (tertiary alicyclic amines) is 1. The van der Waals surface area contributed by atoms with E-state index in [2.05, 4.69) is 4.74 Å². The summed E-state index contributed by atoms with van der Waals surface area (Å²) in [7, 11) is 2.76. The first-order valence-electron chi connectivity index (χ1n) is 5.50. The Hall–Kier alpha value is -1.10. The first-order chi connectivity index (χ1) is 7.60. The molecule has 0 N–H and O–H groups in total. The van der Waals surface area contributed by atoms with E-state index in [9.17, 15) is 9.59 Å². The number of carbonyl (C=O) groups excluding carboxylic acids is 2. The van der Waals surface area contributed by atoms with Gasteiger partial charge in [-0.1, -0.05) is 0 Å². The number of ether oxygens (including phenoxy) is 2. The number of nitrogens with zero attached hydrogens (tertiary/aromatic N) is 1. The summed E-state index contributed by atoms with van der Waals surface area (Å²) in [6.07, 6.45) is 2.08. The zero-order chi connectivity index (χ0) is 12.1. The smallest absolute Gasteiger partial charge is 0.323 e. The predicted octanol–water partition coefficient (Wildman–Crippen LogP) is 0.575. The van der Waals surface area contributed by atoms with Gasteiger partial charge in [-0.2, -0.15) is 0 Å². The summed E-state index contributed by atoms with van der Waals surface area (Å²) < 4.78 is 9.37. The highest BCUT2D eigenvalue weighted by Crippen LogP contribution is 2.22. The Bertz CT molecular complexity index is 267. The van der Waals surface area contributed by atoms with Crippen molar-refractivity contribution in [2.75, 3.05) is 20.8 Å². The van der Waals surface area contributed by atoms with Crippen LogP contribution >= 0.6 is 0 Å². The standard InChI is InChI=1S/C11H19NO4/c1-8(7-10(13)15-2)12-6-4-5-9(12)11(14)16-3/h8-9H,4-7H2,1-3H3. The van der Waals surface area contributed by atoms with Gasteiger partial charge in [-0.05, 0) is 26.3 Å². The van der Waals surface area contributed by atoms with E-state index < -0.39 is 0 Å². The topological polar surface area (TPSA) is 55.8 Å². The molecule has 0 amide bonds. The fraction of sp³-hybridized carbons (Fsp3) is 0.818. The van der Waals surface area contributed by atoms with E-state index in [1.807, 2.05) is 11.8 Å². The molecule has 0 spiro atoms. The summed E-state index contributed by atoms with van der Waals surface area (Å²) in [5.41, 5.74) is 0. The van der Waals surface area contributed by atoms with Crippen molar-refractivity contribution in [2.45, 2.75) is 38.3 Å². The highest BCUT2D eigenvalue weighted by Gasteiger charge is 2.35. The van der Waals surface area contributed by atoms with Crippen LogP contribution in [0.15, 0.2) is 0 Å². The fourth-order valence-corrected chi connectivity index (χ4v) is 2.15. The molecule has 5 heteroatoms. The Morgan fingerprint density at radius 3 is 2.62 bits per heavy atom. The second-order valence-corrected chi connectivity index (χ2v) is 4.05. The minimum absolute atomic E-state index is 0.0130. The minimum atomic E-state index is -0.247. The van der Waals surface area contributed by atoms with Gasteiger partial charge in [0.05, 0.1) is 20.6 Å². The van der Waals surface area contributed by atoms with E-state index in [4.69, 9.17) is 4.74 Å². The van der Waals surface area contributed by atoms with Gasteiger partial charge in [0, 0.05) is 6.04 Å². The first kappa shape index (κ1) is 13.0. The van der Waals surface area contributed by atoms with E-state index in [-0.39, 0.29) is 24.0 Å². The normalized spacial score (nSPS) is 22.8. The minimum Gasteiger partial charge on any atom is -0.469 e. The van der Waals surface area contributed by atoms with Crippen molar-refractivity contribution >= 4 is 11.9 Å². The molecule has 1 saturated heterocycles.